The molecular formula is C15H9BrN4O. The summed E-state index contributed by atoms with van der Waals surface area (Å²) in [4.78, 5) is 8.57. The highest BCUT2D eigenvalue weighted by molar-refractivity contribution is 9.10. The summed E-state index contributed by atoms with van der Waals surface area (Å²) in [6.45, 7) is 0. The van der Waals surface area contributed by atoms with E-state index >= 15 is 0 Å². The van der Waals surface area contributed by atoms with Gasteiger partial charge in [0.25, 0.3) is 0 Å². The first-order chi connectivity index (χ1) is 10.3. The van der Waals surface area contributed by atoms with Crippen LogP contribution < -0.4 is 0 Å². The maximum absolute atomic E-state index is 8.77. The highest BCUT2D eigenvalue weighted by Gasteiger charge is 2.12. The minimum atomic E-state index is 0.450. The zero-order chi connectivity index (χ0) is 14.7. The first-order valence-corrected chi connectivity index (χ1v) is 6.98. The molecule has 0 saturated heterocycles. The van der Waals surface area contributed by atoms with E-state index in [0.717, 1.165) is 10.0 Å². The Hall–Kier alpha value is -2.52. The standard InChI is InChI=1S/C15H9BrN4O/c16-12-2-1-7-18-14(12)15-19-13(21-20-15)8-10-3-5-11(9-17)6-4-10/h1-7H,8H2. The van der Waals surface area contributed by atoms with Crippen LogP contribution in [0.2, 0.25) is 0 Å². The SMILES string of the molecule is N#Cc1ccc(Cc2nc(-c3ncccc3Br)no2)cc1. The Bertz CT molecular complexity index is 805. The molecule has 0 saturated carbocycles. The summed E-state index contributed by atoms with van der Waals surface area (Å²) >= 11 is 3.41. The van der Waals surface area contributed by atoms with Crippen LogP contribution in [-0.2, 0) is 6.42 Å². The molecule has 0 amide bonds. The van der Waals surface area contributed by atoms with Crippen LogP contribution in [0.1, 0.15) is 17.0 Å². The summed E-state index contributed by atoms with van der Waals surface area (Å²) in [6.07, 6.45) is 2.19. The molecule has 102 valence electrons. The first kappa shape index (κ1) is 13.5. The van der Waals surface area contributed by atoms with Crippen molar-refractivity contribution in [3.8, 4) is 17.6 Å². The third kappa shape index (κ3) is 2.98. The zero-order valence-corrected chi connectivity index (χ0v) is 12.4. The maximum atomic E-state index is 8.77. The monoisotopic (exact) mass is 340 g/mol. The van der Waals surface area contributed by atoms with Gasteiger partial charge in [-0.2, -0.15) is 10.2 Å². The minimum Gasteiger partial charge on any atom is -0.339 e. The lowest BCUT2D eigenvalue weighted by atomic mass is 10.1. The number of hydrogen-bond donors (Lipinski definition) is 0. The van der Waals surface area contributed by atoms with Gasteiger partial charge >= 0.3 is 0 Å². The molecule has 0 spiro atoms. The highest BCUT2D eigenvalue weighted by Crippen LogP contribution is 2.23. The second-order valence-corrected chi connectivity index (χ2v) is 5.19. The lowest BCUT2D eigenvalue weighted by Gasteiger charge is -1.96. The minimum absolute atomic E-state index is 0.450. The summed E-state index contributed by atoms with van der Waals surface area (Å²) in [6, 6.07) is 13.1. The Labute approximate surface area is 129 Å². The lowest BCUT2D eigenvalue weighted by molar-refractivity contribution is 0.385. The summed E-state index contributed by atoms with van der Waals surface area (Å²) in [5.74, 6) is 0.957. The van der Waals surface area contributed by atoms with Crippen molar-refractivity contribution in [2.45, 2.75) is 6.42 Å². The number of rotatable bonds is 3. The van der Waals surface area contributed by atoms with Crippen molar-refractivity contribution in [3.63, 3.8) is 0 Å². The molecule has 3 rings (SSSR count). The van der Waals surface area contributed by atoms with Crippen molar-refractivity contribution < 1.29 is 4.52 Å². The molecule has 2 aromatic heterocycles. The van der Waals surface area contributed by atoms with Crippen molar-refractivity contribution in [3.05, 3.63) is 64.1 Å². The number of pyridine rings is 1. The van der Waals surface area contributed by atoms with E-state index < -0.39 is 0 Å². The Kier molecular flexibility index (Phi) is 3.75. The van der Waals surface area contributed by atoms with Gasteiger partial charge < -0.3 is 4.52 Å². The van der Waals surface area contributed by atoms with Crippen LogP contribution in [-0.4, -0.2) is 15.1 Å². The topological polar surface area (TPSA) is 75.6 Å². The molecule has 0 unspecified atom stereocenters. The highest BCUT2D eigenvalue weighted by atomic mass is 79.9. The number of aromatic nitrogens is 3. The van der Waals surface area contributed by atoms with Gasteiger partial charge in [-0.25, -0.2) is 0 Å². The molecule has 0 aliphatic carbocycles. The van der Waals surface area contributed by atoms with Gasteiger partial charge in [0.2, 0.25) is 11.7 Å². The van der Waals surface area contributed by atoms with Gasteiger partial charge in [-0.1, -0.05) is 17.3 Å². The van der Waals surface area contributed by atoms with E-state index in [0.29, 0.717) is 29.4 Å². The Morgan fingerprint density at radius 3 is 2.71 bits per heavy atom. The Morgan fingerprint density at radius 1 is 1.19 bits per heavy atom. The van der Waals surface area contributed by atoms with E-state index in [1.54, 1.807) is 18.3 Å². The van der Waals surface area contributed by atoms with Gasteiger partial charge in [0.1, 0.15) is 5.69 Å². The van der Waals surface area contributed by atoms with E-state index in [-0.39, 0.29) is 0 Å². The molecule has 5 nitrogen and oxygen atoms in total. The molecule has 0 atom stereocenters. The zero-order valence-electron chi connectivity index (χ0n) is 10.8. The molecule has 0 N–H and O–H groups in total. The van der Waals surface area contributed by atoms with Crippen molar-refractivity contribution in [1.29, 1.82) is 5.26 Å². The molecule has 21 heavy (non-hydrogen) atoms. The van der Waals surface area contributed by atoms with Crippen molar-refractivity contribution >= 4 is 15.9 Å². The van der Waals surface area contributed by atoms with Gasteiger partial charge in [0.05, 0.1) is 18.1 Å². The molecule has 0 bridgehead atoms. The van der Waals surface area contributed by atoms with Crippen LogP contribution in [0, 0.1) is 11.3 Å². The van der Waals surface area contributed by atoms with E-state index in [1.807, 2.05) is 24.3 Å². The smallest absolute Gasteiger partial charge is 0.231 e. The fraction of sp³-hybridized carbons (Fsp3) is 0.0667. The number of halogens is 1. The fourth-order valence-corrected chi connectivity index (χ4v) is 2.28. The largest absolute Gasteiger partial charge is 0.339 e. The fourth-order valence-electron chi connectivity index (χ4n) is 1.84. The van der Waals surface area contributed by atoms with Crippen LogP contribution in [0.15, 0.2) is 51.6 Å². The molecule has 3 aromatic rings. The van der Waals surface area contributed by atoms with Gasteiger partial charge in [0.15, 0.2) is 0 Å². The molecule has 0 aliphatic heterocycles. The van der Waals surface area contributed by atoms with E-state index in [2.05, 4.69) is 37.1 Å². The number of hydrogen-bond acceptors (Lipinski definition) is 5. The predicted octanol–water partition coefficient (Wildman–Crippen LogP) is 3.36. The summed E-state index contributed by atoms with van der Waals surface area (Å²) in [5, 5.41) is 12.7. The van der Waals surface area contributed by atoms with Crippen molar-refractivity contribution in [2.75, 3.05) is 0 Å². The normalized spacial score (nSPS) is 10.3. The van der Waals surface area contributed by atoms with Gasteiger partial charge in [-0.3, -0.25) is 4.98 Å². The molecule has 0 aliphatic rings. The van der Waals surface area contributed by atoms with Gasteiger partial charge in [-0.05, 0) is 45.8 Å². The second kappa shape index (κ2) is 5.85. The van der Waals surface area contributed by atoms with Crippen LogP contribution in [0.3, 0.4) is 0 Å². The number of nitriles is 1. The maximum Gasteiger partial charge on any atom is 0.231 e. The predicted molar refractivity (Wildman–Crippen MR) is 79.2 cm³/mol. The quantitative estimate of drug-likeness (QED) is 0.730. The van der Waals surface area contributed by atoms with E-state index in [4.69, 9.17) is 9.78 Å². The van der Waals surface area contributed by atoms with Crippen molar-refractivity contribution in [1.82, 2.24) is 15.1 Å². The Balaban J connectivity index is 1.82. The van der Waals surface area contributed by atoms with Crippen LogP contribution in [0.5, 0.6) is 0 Å². The Morgan fingerprint density at radius 2 is 2.00 bits per heavy atom. The molecule has 6 heteroatoms. The average molecular weight is 341 g/mol. The summed E-state index contributed by atoms with van der Waals surface area (Å²) in [5.41, 5.74) is 2.28. The van der Waals surface area contributed by atoms with Gasteiger partial charge in [-0.15, -0.1) is 0 Å². The van der Waals surface area contributed by atoms with E-state index in [9.17, 15) is 0 Å². The molecule has 0 fully saturated rings. The molecule has 0 radical (unpaired) electrons. The summed E-state index contributed by atoms with van der Waals surface area (Å²) in [7, 11) is 0. The number of nitrogens with zero attached hydrogens (tertiary/aromatic N) is 4. The third-order valence-electron chi connectivity index (χ3n) is 2.88. The third-order valence-corrected chi connectivity index (χ3v) is 3.52. The molecule has 2 heterocycles. The second-order valence-electron chi connectivity index (χ2n) is 4.33. The molecular weight excluding hydrogens is 332 g/mol. The van der Waals surface area contributed by atoms with Crippen LogP contribution >= 0.6 is 15.9 Å². The summed E-state index contributed by atoms with van der Waals surface area (Å²) < 4.78 is 6.06. The van der Waals surface area contributed by atoms with Gasteiger partial charge in [0, 0.05) is 10.7 Å². The number of benzene rings is 1. The van der Waals surface area contributed by atoms with E-state index in [1.165, 1.54) is 0 Å². The molecule has 1 aromatic carbocycles. The van der Waals surface area contributed by atoms with Crippen LogP contribution in [0.4, 0.5) is 0 Å². The first-order valence-electron chi connectivity index (χ1n) is 6.19. The van der Waals surface area contributed by atoms with Crippen molar-refractivity contribution in [2.24, 2.45) is 0 Å². The van der Waals surface area contributed by atoms with Crippen LogP contribution in [0.25, 0.3) is 11.5 Å². The lowest BCUT2D eigenvalue weighted by Crippen LogP contribution is -1.90. The average Bonchev–Trinajstić information content (AvgIpc) is 2.97.